The summed E-state index contributed by atoms with van der Waals surface area (Å²) in [5.74, 6) is -0.169. The lowest BCUT2D eigenvalue weighted by Crippen LogP contribution is -2.30. The molecule has 15 heavy (non-hydrogen) atoms. The van der Waals surface area contributed by atoms with Gasteiger partial charge in [0.2, 0.25) is 0 Å². The molecule has 5 nitrogen and oxygen atoms in total. The third-order valence-corrected chi connectivity index (χ3v) is 1.55. The van der Waals surface area contributed by atoms with Crippen molar-refractivity contribution in [2.24, 2.45) is 0 Å². The molecule has 2 N–H and O–H groups in total. The predicted molar refractivity (Wildman–Crippen MR) is 56.6 cm³/mol. The van der Waals surface area contributed by atoms with Crippen LogP contribution in [0.5, 0.6) is 0 Å². The van der Waals surface area contributed by atoms with Crippen molar-refractivity contribution in [3.8, 4) is 6.07 Å². The summed E-state index contributed by atoms with van der Waals surface area (Å²) in [6, 6.07) is 1.84. The number of nitrogens with zero attached hydrogens (tertiary/aromatic N) is 1. The highest BCUT2D eigenvalue weighted by atomic mass is 16.5. The number of ether oxygens (including phenoxy) is 1. The van der Waals surface area contributed by atoms with Crippen LogP contribution >= 0.6 is 0 Å². The second-order valence-corrected chi connectivity index (χ2v) is 2.64. The highest BCUT2D eigenvalue weighted by Gasteiger charge is 2.15. The molecule has 0 fully saturated rings. The van der Waals surface area contributed by atoms with Crippen LogP contribution in [0.1, 0.15) is 20.8 Å². The third kappa shape index (κ3) is 4.36. The zero-order valence-electron chi connectivity index (χ0n) is 9.39. The molecule has 0 aliphatic heterocycles. The van der Waals surface area contributed by atoms with E-state index in [9.17, 15) is 4.79 Å². The van der Waals surface area contributed by atoms with E-state index in [0.717, 1.165) is 0 Å². The highest BCUT2D eigenvalue weighted by Crippen LogP contribution is 2.00. The van der Waals surface area contributed by atoms with Crippen LogP contribution in [0.25, 0.3) is 0 Å². The Kier molecular flexibility index (Phi) is 6.81. The second kappa shape index (κ2) is 7.68. The first kappa shape index (κ1) is 13.3. The van der Waals surface area contributed by atoms with Crippen LogP contribution in [0.2, 0.25) is 0 Å². The molecule has 0 atom stereocenters. The quantitative estimate of drug-likeness (QED) is 0.380. The molecule has 0 amide bonds. The lowest BCUT2D eigenvalue weighted by atomic mass is 10.3. The molecule has 0 aromatic rings. The van der Waals surface area contributed by atoms with Crippen molar-refractivity contribution in [1.82, 2.24) is 10.6 Å². The van der Waals surface area contributed by atoms with Gasteiger partial charge >= 0.3 is 5.97 Å². The molecule has 0 saturated heterocycles. The fourth-order valence-electron chi connectivity index (χ4n) is 1.000. The standard InChI is InChI=1S/C10H17N3O2/c1-4-12-9(13-5-2)8(7-11)10(14)15-6-3/h12-13H,4-6H2,1-3H3. The van der Waals surface area contributed by atoms with Crippen molar-refractivity contribution in [1.29, 1.82) is 5.26 Å². The number of nitriles is 1. The summed E-state index contributed by atoms with van der Waals surface area (Å²) in [5.41, 5.74) is -0.0134. The van der Waals surface area contributed by atoms with Gasteiger partial charge in [0.1, 0.15) is 11.9 Å². The average molecular weight is 211 g/mol. The van der Waals surface area contributed by atoms with Crippen molar-refractivity contribution in [2.75, 3.05) is 19.7 Å². The van der Waals surface area contributed by atoms with Gasteiger partial charge in [0.05, 0.1) is 6.61 Å². The molecule has 0 heterocycles. The minimum atomic E-state index is -0.600. The molecule has 0 spiro atoms. The summed E-state index contributed by atoms with van der Waals surface area (Å²) in [6.07, 6.45) is 0. The van der Waals surface area contributed by atoms with Gasteiger partial charge in [-0.2, -0.15) is 5.26 Å². The zero-order chi connectivity index (χ0) is 11.7. The SMILES string of the molecule is CCNC(NCC)=C(C#N)C(=O)OCC. The van der Waals surface area contributed by atoms with Gasteiger partial charge in [-0.15, -0.1) is 0 Å². The van der Waals surface area contributed by atoms with Gasteiger partial charge in [-0.25, -0.2) is 4.79 Å². The molecular weight excluding hydrogens is 194 g/mol. The molecule has 0 unspecified atom stereocenters. The maximum Gasteiger partial charge on any atom is 0.352 e. The molecule has 0 aromatic carbocycles. The number of nitrogens with one attached hydrogen (secondary N) is 2. The second-order valence-electron chi connectivity index (χ2n) is 2.64. The zero-order valence-corrected chi connectivity index (χ0v) is 9.39. The fraction of sp³-hybridized carbons (Fsp3) is 0.600. The first-order chi connectivity index (χ1) is 7.21. The van der Waals surface area contributed by atoms with Gasteiger partial charge in [0, 0.05) is 13.1 Å². The van der Waals surface area contributed by atoms with E-state index in [0.29, 0.717) is 18.9 Å². The minimum Gasteiger partial charge on any atom is -0.462 e. The van der Waals surface area contributed by atoms with Crippen LogP contribution in [0.3, 0.4) is 0 Å². The Morgan fingerprint density at radius 3 is 2.13 bits per heavy atom. The first-order valence-corrected chi connectivity index (χ1v) is 5.00. The van der Waals surface area contributed by atoms with Crippen LogP contribution in [-0.2, 0) is 9.53 Å². The number of hydrogen-bond donors (Lipinski definition) is 2. The number of rotatable bonds is 6. The van der Waals surface area contributed by atoms with Crippen molar-refractivity contribution < 1.29 is 9.53 Å². The number of carbonyl (C=O) groups is 1. The van der Waals surface area contributed by atoms with Crippen LogP contribution in [0, 0.1) is 11.3 Å². The summed E-state index contributed by atoms with van der Waals surface area (Å²) >= 11 is 0. The molecule has 0 aromatic heterocycles. The Morgan fingerprint density at radius 1 is 1.27 bits per heavy atom. The van der Waals surface area contributed by atoms with E-state index in [4.69, 9.17) is 10.00 Å². The largest absolute Gasteiger partial charge is 0.462 e. The number of hydrogen-bond acceptors (Lipinski definition) is 5. The number of carbonyl (C=O) groups excluding carboxylic acids is 1. The van der Waals surface area contributed by atoms with Crippen molar-refractivity contribution in [2.45, 2.75) is 20.8 Å². The van der Waals surface area contributed by atoms with Crippen LogP contribution in [0.15, 0.2) is 11.4 Å². The summed E-state index contributed by atoms with van der Waals surface area (Å²) in [7, 11) is 0. The molecule has 0 aliphatic rings. The minimum absolute atomic E-state index is 0.0134. The molecular formula is C10H17N3O2. The molecule has 0 aliphatic carbocycles. The summed E-state index contributed by atoms with van der Waals surface area (Å²) < 4.78 is 4.77. The van der Waals surface area contributed by atoms with Crippen LogP contribution in [0.4, 0.5) is 0 Å². The third-order valence-electron chi connectivity index (χ3n) is 1.55. The van der Waals surface area contributed by atoms with E-state index < -0.39 is 5.97 Å². The lowest BCUT2D eigenvalue weighted by molar-refractivity contribution is -0.138. The monoisotopic (exact) mass is 211 g/mol. The lowest BCUT2D eigenvalue weighted by Gasteiger charge is -2.12. The van der Waals surface area contributed by atoms with E-state index in [1.54, 1.807) is 6.92 Å². The Balaban J connectivity index is 4.87. The Morgan fingerprint density at radius 2 is 1.80 bits per heavy atom. The van der Waals surface area contributed by atoms with Gasteiger partial charge in [0.15, 0.2) is 5.57 Å². The molecule has 0 saturated carbocycles. The summed E-state index contributed by atoms with van der Waals surface area (Å²) in [5, 5.41) is 14.7. The van der Waals surface area contributed by atoms with Gasteiger partial charge in [-0.05, 0) is 20.8 Å². The normalized spacial score (nSPS) is 8.67. The Bertz CT molecular complexity index is 271. The van der Waals surface area contributed by atoms with Gasteiger partial charge in [0.25, 0.3) is 0 Å². The maximum atomic E-state index is 11.4. The van der Waals surface area contributed by atoms with Crippen molar-refractivity contribution in [3.05, 3.63) is 11.4 Å². The first-order valence-electron chi connectivity index (χ1n) is 5.00. The van der Waals surface area contributed by atoms with E-state index in [2.05, 4.69) is 10.6 Å². The van der Waals surface area contributed by atoms with Gasteiger partial charge < -0.3 is 15.4 Å². The highest BCUT2D eigenvalue weighted by molar-refractivity contribution is 5.93. The van der Waals surface area contributed by atoms with Gasteiger partial charge in [-0.3, -0.25) is 0 Å². The fourth-order valence-corrected chi connectivity index (χ4v) is 1.000. The predicted octanol–water partition coefficient (Wildman–Crippen LogP) is 0.504. The average Bonchev–Trinajstić information content (AvgIpc) is 2.20. The van der Waals surface area contributed by atoms with Crippen LogP contribution < -0.4 is 10.6 Å². The molecule has 5 heteroatoms. The summed E-state index contributed by atoms with van der Waals surface area (Å²) in [4.78, 5) is 11.4. The molecule has 0 bridgehead atoms. The topological polar surface area (TPSA) is 74.1 Å². The molecule has 0 rings (SSSR count). The van der Waals surface area contributed by atoms with Crippen molar-refractivity contribution >= 4 is 5.97 Å². The Labute approximate surface area is 90.1 Å². The maximum absolute atomic E-state index is 11.4. The number of esters is 1. The van der Waals surface area contributed by atoms with E-state index in [-0.39, 0.29) is 12.2 Å². The smallest absolute Gasteiger partial charge is 0.352 e. The van der Waals surface area contributed by atoms with E-state index in [1.165, 1.54) is 0 Å². The molecule has 84 valence electrons. The van der Waals surface area contributed by atoms with Crippen molar-refractivity contribution in [3.63, 3.8) is 0 Å². The van der Waals surface area contributed by atoms with E-state index in [1.807, 2.05) is 19.9 Å². The summed E-state index contributed by atoms with van der Waals surface area (Å²) in [6.45, 7) is 7.00. The molecule has 0 radical (unpaired) electrons. The van der Waals surface area contributed by atoms with E-state index >= 15 is 0 Å². The Hall–Kier alpha value is -1.70. The van der Waals surface area contributed by atoms with Crippen LogP contribution in [-0.4, -0.2) is 25.7 Å². The van der Waals surface area contributed by atoms with Gasteiger partial charge in [-0.1, -0.05) is 0 Å².